The second-order valence-corrected chi connectivity index (χ2v) is 5.16. The maximum absolute atomic E-state index is 13.9. The summed E-state index contributed by atoms with van der Waals surface area (Å²) < 4.78 is 77.0. The van der Waals surface area contributed by atoms with E-state index in [9.17, 15) is 26.7 Å². The van der Waals surface area contributed by atoms with Gasteiger partial charge in [-0.05, 0) is 23.8 Å². The van der Waals surface area contributed by atoms with E-state index >= 15 is 0 Å². The Balaban J connectivity index is 2.50. The first-order valence-electron chi connectivity index (χ1n) is 7.23. The van der Waals surface area contributed by atoms with E-state index in [1.165, 1.54) is 13.2 Å². The number of hydrogen-bond donors (Lipinski definition) is 0. The Bertz CT molecular complexity index is 831. The summed E-state index contributed by atoms with van der Waals surface area (Å²) in [6, 6.07) is 6.22. The molecule has 0 aliphatic carbocycles. The molecule has 0 saturated carbocycles. The minimum atomic E-state index is -2.26. The molecule has 26 heavy (non-hydrogen) atoms. The zero-order valence-corrected chi connectivity index (χ0v) is 13.7. The molecule has 3 nitrogen and oxygen atoms in total. The molecule has 2 aromatic rings. The van der Waals surface area contributed by atoms with E-state index in [0.717, 1.165) is 7.11 Å². The molecule has 138 valence electrons. The van der Waals surface area contributed by atoms with Gasteiger partial charge in [-0.1, -0.05) is 12.1 Å². The highest BCUT2D eigenvalue weighted by Gasteiger charge is 2.27. The Kier molecular flexibility index (Phi) is 5.97. The third kappa shape index (κ3) is 3.84. The van der Waals surface area contributed by atoms with Crippen molar-refractivity contribution in [3.63, 3.8) is 0 Å². The monoisotopic (exact) mass is 372 g/mol. The van der Waals surface area contributed by atoms with Gasteiger partial charge in [0.05, 0.1) is 14.2 Å². The van der Waals surface area contributed by atoms with Gasteiger partial charge in [0.15, 0.2) is 23.3 Å². The third-order valence-corrected chi connectivity index (χ3v) is 3.57. The molecule has 0 atom stereocenters. The average Bonchev–Trinajstić information content (AvgIpc) is 2.67. The summed E-state index contributed by atoms with van der Waals surface area (Å²) in [6.45, 7) is 0. The lowest BCUT2D eigenvalue weighted by atomic mass is 10.0. The molecule has 0 N–H and O–H groups in total. The molecule has 0 bridgehead atoms. The Morgan fingerprint density at radius 2 is 1.38 bits per heavy atom. The molecule has 0 spiro atoms. The highest BCUT2D eigenvalue weighted by Crippen LogP contribution is 2.26. The molecule has 0 aromatic heterocycles. The van der Waals surface area contributed by atoms with Crippen molar-refractivity contribution in [2.45, 2.75) is 6.42 Å². The van der Waals surface area contributed by atoms with Crippen LogP contribution in [0.2, 0.25) is 0 Å². The van der Waals surface area contributed by atoms with Crippen molar-refractivity contribution in [1.82, 2.24) is 0 Å². The van der Waals surface area contributed by atoms with Gasteiger partial charge in [0.25, 0.3) is 0 Å². The van der Waals surface area contributed by atoms with Crippen molar-refractivity contribution in [3.05, 3.63) is 70.1 Å². The molecule has 0 aliphatic rings. The van der Waals surface area contributed by atoms with Crippen molar-refractivity contribution in [2.24, 2.45) is 0 Å². The third-order valence-electron chi connectivity index (χ3n) is 3.57. The summed E-state index contributed by atoms with van der Waals surface area (Å²) in [4.78, 5) is 11.9. The molecule has 0 radical (unpaired) electrons. The zero-order chi connectivity index (χ0) is 19.4. The maximum atomic E-state index is 13.9. The van der Waals surface area contributed by atoms with E-state index in [-0.39, 0.29) is 5.57 Å². The SMILES string of the molecule is COC(=O)/C(=C/c1ccc(OC)cc1)Cc1c(F)c(F)c(F)c(F)c1F. The quantitative estimate of drug-likeness (QED) is 0.260. The standard InChI is InChI=1S/C18H13F5O3/c1-25-11-5-3-9(4-6-11)7-10(18(24)26-2)8-12-13(19)15(21)17(23)16(22)14(12)20/h3-7H,8H2,1-2H3/b10-7+. The van der Waals surface area contributed by atoms with E-state index in [2.05, 4.69) is 4.74 Å². The summed E-state index contributed by atoms with van der Waals surface area (Å²) in [5, 5.41) is 0. The van der Waals surface area contributed by atoms with Crippen LogP contribution in [-0.4, -0.2) is 20.2 Å². The first-order chi connectivity index (χ1) is 12.3. The van der Waals surface area contributed by atoms with E-state index in [4.69, 9.17) is 4.74 Å². The van der Waals surface area contributed by atoms with Gasteiger partial charge in [-0.2, -0.15) is 0 Å². The van der Waals surface area contributed by atoms with Gasteiger partial charge in [0.2, 0.25) is 5.82 Å². The molecule has 2 rings (SSSR count). The summed E-state index contributed by atoms with van der Waals surface area (Å²) in [7, 11) is 2.48. The van der Waals surface area contributed by atoms with Crippen LogP contribution in [0.15, 0.2) is 29.8 Å². The minimum Gasteiger partial charge on any atom is -0.497 e. The van der Waals surface area contributed by atoms with Gasteiger partial charge < -0.3 is 9.47 Å². The van der Waals surface area contributed by atoms with Crippen LogP contribution >= 0.6 is 0 Å². The van der Waals surface area contributed by atoms with E-state index in [0.29, 0.717) is 11.3 Å². The van der Waals surface area contributed by atoms with Crippen molar-refractivity contribution in [2.75, 3.05) is 14.2 Å². The average molecular weight is 372 g/mol. The number of benzene rings is 2. The van der Waals surface area contributed by atoms with Crippen LogP contribution in [0.4, 0.5) is 22.0 Å². The number of methoxy groups -OCH3 is 2. The fraction of sp³-hybridized carbons (Fsp3) is 0.167. The van der Waals surface area contributed by atoms with Crippen LogP contribution in [0.3, 0.4) is 0 Å². The lowest BCUT2D eigenvalue weighted by molar-refractivity contribution is -0.136. The first kappa shape index (κ1) is 19.4. The number of carbonyl (C=O) groups is 1. The molecule has 0 heterocycles. The Morgan fingerprint density at radius 1 is 0.885 bits per heavy atom. The van der Waals surface area contributed by atoms with Gasteiger partial charge >= 0.3 is 5.97 Å². The number of esters is 1. The van der Waals surface area contributed by atoms with Crippen LogP contribution in [0.25, 0.3) is 6.08 Å². The van der Waals surface area contributed by atoms with Crippen molar-refractivity contribution in [3.8, 4) is 5.75 Å². The topological polar surface area (TPSA) is 35.5 Å². The number of hydrogen-bond acceptors (Lipinski definition) is 3. The summed E-state index contributed by atoms with van der Waals surface area (Å²) >= 11 is 0. The van der Waals surface area contributed by atoms with Crippen molar-refractivity contribution < 1.29 is 36.2 Å². The summed E-state index contributed by atoms with van der Waals surface area (Å²) in [5.74, 6) is -10.8. The van der Waals surface area contributed by atoms with Crippen LogP contribution in [0, 0.1) is 29.1 Å². The second-order valence-electron chi connectivity index (χ2n) is 5.16. The molecular formula is C18H13F5O3. The number of halogens is 5. The van der Waals surface area contributed by atoms with Gasteiger partial charge in [0.1, 0.15) is 5.75 Å². The normalized spacial score (nSPS) is 11.4. The van der Waals surface area contributed by atoms with Crippen LogP contribution in [-0.2, 0) is 16.0 Å². The molecule has 0 unspecified atom stereocenters. The lowest BCUT2D eigenvalue weighted by Crippen LogP contribution is -2.13. The van der Waals surface area contributed by atoms with E-state index < -0.39 is 47.0 Å². The summed E-state index contributed by atoms with van der Waals surface area (Å²) in [6.07, 6.45) is 0.383. The molecule has 8 heteroatoms. The molecule has 0 fully saturated rings. The van der Waals surface area contributed by atoms with Crippen molar-refractivity contribution >= 4 is 12.0 Å². The Morgan fingerprint density at radius 3 is 1.85 bits per heavy atom. The smallest absolute Gasteiger partial charge is 0.334 e. The molecule has 2 aromatic carbocycles. The van der Waals surface area contributed by atoms with Gasteiger partial charge in [0, 0.05) is 17.6 Å². The number of carbonyl (C=O) groups excluding carboxylic acids is 1. The second kappa shape index (κ2) is 7.99. The molecule has 0 aliphatic heterocycles. The highest BCUT2D eigenvalue weighted by atomic mass is 19.2. The Labute approximate surface area is 145 Å². The van der Waals surface area contributed by atoms with Crippen molar-refractivity contribution in [1.29, 1.82) is 0 Å². The fourth-order valence-corrected chi connectivity index (χ4v) is 2.21. The van der Waals surface area contributed by atoms with Gasteiger partial charge in [-0.3, -0.25) is 0 Å². The van der Waals surface area contributed by atoms with E-state index in [1.807, 2.05) is 0 Å². The van der Waals surface area contributed by atoms with Gasteiger partial charge in [-0.25, -0.2) is 26.7 Å². The zero-order valence-electron chi connectivity index (χ0n) is 13.7. The highest BCUT2D eigenvalue weighted by molar-refractivity contribution is 5.94. The minimum absolute atomic E-state index is 0.291. The lowest BCUT2D eigenvalue weighted by Gasteiger charge is -2.10. The van der Waals surface area contributed by atoms with Crippen LogP contribution in [0.1, 0.15) is 11.1 Å². The van der Waals surface area contributed by atoms with Crippen LogP contribution < -0.4 is 4.74 Å². The summed E-state index contributed by atoms with van der Waals surface area (Å²) in [5.41, 5.74) is -0.970. The first-order valence-corrected chi connectivity index (χ1v) is 7.23. The largest absolute Gasteiger partial charge is 0.497 e. The van der Waals surface area contributed by atoms with E-state index in [1.54, 1.807) is 24.3 Å². The fourth-order valence-electron chi connectivity index (χ4n) is 2.21. The number of ether oxygens (including phenoxy) is 2. The maximum Gasteiger partial charge on any atom is 0.334 e. The molecular weight excluding hydrogens is 359 g/mol. The van der Waals surface area contributed by atoms with Crippen LogP contribution in [0.5, 0.6) is 5.75 Å². The predicted octanol–water partition coefficient (Wildman–Crippen LogP) is 4.19. The molecule has 0 saturated heterocycles. The van der Waals surface area contributed by atoms with Gasteiger partial charge in [-0.15, -0.1) is 0 Å². The predicted molar refractivity (Wildman–Crippen MR) is 82.9 cm³/mol. The molecule has 0 amide bonds. The number of rotatable bonds is 5. The Hall–Kier alpha value is -2.90.